The Balaban J connectivity index is 2.12. The van der Waals surface area contributed by atoms with Gasteiger partial charge in [0.05, 0.1) is 5.56 Å². The molecular formula is C18H15NO3. The molecule has 0 saturated carbocycles. The molecule has 110 valence electrons. The first kappa shape index (κ1) is 14.1. The smallest absolute Gasteiger partial charge is 0.338 e. The summed E-state index contributed by atoms with van der Waals surface area (Å²) in [7, 11) is 0. The summed E-state index contributed by atoms with van der Waals surface area (Å²) < 4.78 is 11.2. The number of rotatable bonds is 3. The first-order chi connectivity index (χ1) is 10.6. The lowest BCUT2D eigenvalue weighted by molar-refractivity contribution is -0.130. The Kier molecular flexibility index (Phi) is 3.51. The van der Waals surface area contributed by atoms with E-state index in [0.717, 1.165) is 11.1 Å². The first-order valence-electron chi connectivity index (χ1n) is 6.89. The molecule has 0 aliphatic heterocycles. The minimum Gasteiger partial charge on any atom is -0.436 e. The number of nitrogens with zero attached hydrogens (tertiary/aromatic N) is 1. The van der Waals surface area contributed by atoms with Crippen molar-refractivity contribution in [2.45, 2.75) is 13.8 Å². The highest BCUT2D eigenvalue weighted by molar-refractivity contribution is 5.90. The normalized spacial score (nSPS) is 10.6. The van der Waals surface area contributed by atoms with E-state index in [2.05, 4.69) is 11.6 Å². The van der Waals surface area contributed by atoms with Crippen LogP contribution in [0.2, 0.25) is 0 Å². The van der Waals surface area contributed by atoms with E-state index in [1.165, 1.54) is 0 Å². The van der Waals surface area contributed by atoms with Gasteiger partial charge in [-0.05, 0) is 37.6 Å². The van der Waals surface area contributed by atoms with E-state index < -0.39 is 5.97 Å². The van der Waals surface area contributed by atoms with Crippen LogP contribution in [0, 0.1) is 6.92 Å². The molecule has 22 heavy (non-hydrogen) atoms. The third-order valence-electron chi connectivity index (χ3n) is 3.28. The molecule has 0 atom stereocenters. The monoisotopic (exact) mass is 293 g/mol. The van der Waals surface area contributed by atoms with E-state index in [1.807, 2.05) is 49.4 Å². The standard InChI is InChI=1S/C18H15NO3/c1-11(2)18(20)22-16-12(3)7-6-8-13(16)17-19-14-9-4-5-10-15(14)21-17/h4-10H,1H2,2-3H3. The van der Waals surface area contributed by atoms with Crippen molar-refractivity contribution in [1.82, 2.24) is 4.98 Å². The number of hydrogen-bond acceptors (Lipinski definition) is 4. The lowest BCUT2D eigenvalue weighted by Gasteiger charge is -2.10. The predicted octanol–water partition coefficient (Wildman–Crippen LogP) is 4.28. The zero-order chi connectivity index (χ0) is 15.7. The number of hydrogen-bond donors (Lipinski definition) is 0. The number of benzene rings is 2. The molecular weight excluding hydrogens is 278 g/mol. The molecule has 0 N–H and O–H groups in total. The molecule has 4 nitrogen and oxygen atoms in total. The number of aryl methyl sites for hydroxylation is 1. The Morgan fingerprint density at radius 2 is 1.95 bits per heavy atom. The van der Waals surface area contributed by atoms with Crippen molar-refractivity contribution in [1.29, 1.82) is 0 Å². The van der Waals surface area contributed by atoms with E-state index in [4.69, 9.17) is 9.15 Å². The number of carbonyl (C=O) groups excluding carboxylic acids is 1. The number of carbonyl (C=O) groups is 1. The molecule has 0 radical (unpaired) electrons. The van der Waals surface area contributed by atoms with Crippen LogP contribution in [0.1, 0.15) is 12.5 Å². The van der Waals surface area contributed by atoms with Gasteiger partial charge in [-0.2, -0.15) is 0 Å². The van der Waals surface area contributed by atoms with Gasteiger partial charge in [-0.25, -0.2) is 9.78 Å². The van der Waals surface area contributed by atoms with Crippen LogP contribution in [-0.2, 0) is 4.79 Å². The van der Waals surface area contributed by atoms with E-state index in [9.17, 15) is 4.79 Å². The maximum Gasteiger partial charge on any atom is 0.338 e. The van der Waals surface area contributed by atoms with Crippen molar-refractivity contribution in [3.05, 3.63) is 60.2 Å². The zero-order valence-electron chi connectivity index (χ0n) is 12.4. The van der Waals surface area contributed by atoms with Crippen molar-refractivity contribution in [3.63, 3.8) is 0 Å². The molecule has 0 aliphatic rings. The molecule has 0 unspecified atom stereocenters. The van der Waals surface area contributed by atoms with Gasteiger partial charge in [0.1, 0.15) is 11.3 Å². The van der Waals surface area contributed by atoms with Crippen molar-refractivity contribution in [2.24, 2.45) is 0 Å². The molecule has 3 aromatic rings. The fourth-order valence-electron chi connectivity index (χ4n) is 2.12. The van der Waals surface area contributed by atoms with Gasteiger partial charge >= 0.3 is 5.97 Å². The summed E-state index contributed by atoms with van der Waals surface area (Å²) in [6.45, 7) is 7.08. The second kappa shape index (κ2) is 5.48. The van der Waals surface area contributed by atoms with Crippen LogP contribution >= 0.6 is 0 Å². The number of para-hydroxylation sites is 3. The number of oxazole rings is 1. The van der Waals surface area contributed by atoms with Gasteiger partial charge in [-0.15, -0.1) is 0 Å². The fraction of sp³-hybridized carbons (Fsp3) is 0.111. The highest BCUT2D eigenvalue weighted by Gasteiger charge is 2.17. The maximum absolute atomic E-state index is 11.8. The van der Waals surface area contributed by atoms with Crippen molar-refractivity contribution >= 4 is 17.1 Å². The molecule has 0 bridgehead atoms. The second-order valence-corrected chi connectivity index (χ2v) is 5.11. The summed E-state index contributed by atoms with van der Waals surface area (Å²) in [5.41, 5.74) is 3.26. The zero-order valence-corrected chi connectivity index (χ0v) is 12.4. The summed E-state index contributed by atoms with van der Waals surface area (Å²) >= 11 is 0. The summed E-state index contributed by atoms with van der Waals surface area (Å²) in [6.07, 6.45) is 0. The lowest BCUT2D eigenvalue weighted by atomic mass is 10.1. The van der Waals surface area contributed by atoms with Gasteiger partial charge in [0.25, 0.3) is 0 Å². The quantitative estimate of drug-likeness (QED) is 0.411. The first-order valence-corrected chi connectivity index (χ1v) is 6.89. The topological polar surface area (TPSA) is 52.3 Å². The average molecular weight is 293 g/mol. The average Bonchev–Trinajstić information content (AvgIpc) is 2.92. The fourth-order valence-corrected chi connectivity index (χ4v) is 2.12. The van der Waals surface area contributed by atoms with Gasteiger partial charge in [0, 0.05) is 5.57 Å². The van der Waals surface area contributed by atoms with Gasteiger partial charge in [-0.3, -0.25) is 0 Å². The van der Waals surface area contributed by atoms with Gasteiger partial charge < -0.3 is 9.15 Å². The third kappa shape index (κ3) is 2.51. The Hall–Kier alpha value is -2.88. The van der Waals surface area contributed by atoms with E-state index >= 15 is 0 Å². The number of ether oxygens (including phenoxy) is 1. The minimum absolute atomic E-state index is 0.340. The Labute approximate surface area is 128 Å². The molecule has 1 aromatic heterocycles. The number of esters is 1. The van der Waals surface area contributed by atoms with Crippen molar-refractivity contribution in [3.8, 4) is 17.2 Å². The molecule has 1 heterocycles. The van der Waals surface area contributed by atoms with Gasteiger partial charge in [0.15, 0.2) is 5.58 Å². The Bertz CT molecular complexity index is 844. The predicted molar refractivity (Wildman–Crippen MR) is 84.6 cm³/mol. The Morgan fingerprint density at radius 3 is 2.68 bits per heavy atom. The van der Waals surface area contributed by atoms with E-state index in [1.54, 1.807) is 6.92 Å². The van der Waals surface area contributed by atoms with Crippen LogP contribution < -0.4 is 4.74 Å². The summed E-state index contributed by atoms with van der Waals surface area (Å²) in [4.78, 5) is 16.3. The molecule has 4 heteroatoms. The molecule has 0 spiro atoms. The largest absolute Gasteiger partial charge is 0.436 e. The lowest BCUT2D eigenvalue weighted by Crippen LogP contribution is -2.10. The van der Waals surface area contributed by atoms with E-state index in [-0.39, 0.29) is 0 Å². The summed E-state index contributed by atoms with van der Waals surface area (Å²) in [5.74, 6) is 0.406. The summed E-state index contributed by atoms with van der Waals surface area (Å²) in [6, 6.07) is 13.1. The van der Waals surface area contributed by atoms with Crippen LogP contribution in [0.25, 0.3) is 22.6 Å². The van der Waals surface area contributed by atoms with Crippen LogP contribution in [0.3, 0.4) is 0 Å². The molecule has 0 fully saturated rings. The highest BCUT2D eigenvalue weighted by Crippen LogP contribution is 2.34. The highest BCUT2D eigenvalue weighted by atomic mass is 16.5. The maximum atomic E-state index is 11.8. The molecule has 0 amide bonds. The van der Waals surface area contributed by atoms with Gasteiger partial charge in [-0.1, -0.05) is 30.8 Å². The number of aromatic nitrogens is 1. The molecule has 0 saturated heterocycles. The van der Waals surface area contributed by atoms with Crippen LogP contribution in [-0.4, -0.2) is 11.0 Å². The summed E-state index contributed by atoms with van der Waals surface area (Å²) in [5, 5.41) is 0. The molecule has 0 aliphatic carbocycles. The minimum atomic E-state index is -0.466. The van der Waals surface area contributed by atoms with Gasteiger partial charge in [0.2, 0.25) is 5.89 Å². The SMILES string of the molecule is C=C(C)C(=O)Oc1c(C)cccc1-c1nc2ccccc2o1. The molecule has 3 rings (SSSR count). The van der Waals surface area contributed by atoms with Crippen LogP contribution in [0.5, 0.6) is 5.75 Å². The van der Waals surface area contributed by atoms with Crippen LogP contribution in [0.15, 0.2) is 59.0 Å². The third-order valence-corrected chi connectivity index (χ3v) is 3.28. The van der Waals surface area contributed by atoms with Crippen molar-refractivity contribution < 1.29 is 13.9 Å². The Morgan fingerprint density at radius 1 is 1.18 bits per heavy atom. The van der Waals surface area contributed by atoms with E-state index in [0.29, 0.717) is 28.4 Å². The number of fused-ring (bicyclic) bond motifs is 1. The van der Waals surface area contributed by atoms with Crippen molar-refractivity contribution in [2.75, 3.05) is 0 Å². The molecule has 2 aromatic carbocycles. The second-order valence-electron chi connectivity index (χ2n) is 5.11. The van der Waals surface area contributed by atoms with Crippen LogP contribution in [0.4, 0.5) is 0 Å².